The highest BCUT2D eigenvalue weighted by molar-refractivity contribution is 14.2. The number of hydrogen-bond donors (Lipinski definition) is 0. The zero-order valence-corrected chi connectivity index (χ0v) is 9.69. The molecule has 72 valence electrons. The van der Waals surface area contributed by atoms with Crippen LogP contribution in [0.4, 0.5) is 5.69 Å². The van der Waals surface area contributed by atoms with E-state index >= 15 is 0 Å². The number of carbonyl (C=O) groups excluding carboxylic acids is 1. The van der Waals surface area contributed by atoms with Gasteiger partial charge in [0.1, 0.15) is 0 Å². The summed E-state index contributed by atoms with van der Waals surface area (Å²) in [4.78, 5) is 15.4. The molecule has 0 bridgehead atoms. The van der Waals surface area contributed by atoms with E-state index in [1.165, 1.54) is 10.7 Å². The largest absolute Gasteiger partial charge is 0.465 e. The third kappa shape index (κ3) is 1.75. The third-order valence-corrected chi connectivity index (χ3v) is 4.08. The molecule has 0 fully saturated rings. The molecule has 0 amide bonds. The zero-order chi connectivity index (χ0) is 9.97. The van der Waals surface area contributed by atoms with Crippen LogP contribution in [0.5, 0.6) is 0 Å². The lowest BCUT2D eigenvalue weighted by Crippen LogP contribution is -2.01. The van der Waals surface area contributed by atoms with Crippen LogP contribution in [-0.4, -0.2) is 23.3 Å². The first-order valence-corrected chi connectivity index (χ1v) is 6.35. The van der Waals surface area contributed by atoms with Crippen LogP contribution in [0.1, 0.15) is 10.4 Å². The van der Waals surface area contributed by atoms with Gasteiger partial charge < -0.3 is 4.74 Å². The Hall–Kier alpha value is -1.04. The first kappa shape index (κ1) is 9.51. The van der Waals surface area contributed by atoms with E-state index in [2.05, 4.69) is 13.7 Å². The summed E-state index contributed by atoms with van der Waals surface area (Å²) in [5, 5.41) is 0. The first-order valence-electron chi connectivity index (χ1n) is 4.03. The summed E-state index contributed by atoms with van der Waals surface area (Å²) in [6.45, 7) is 0. The molecule has 4 heteroatoms. The molecule has 14 heavy (non-hydrogen) atoms. The van der Waals surface area contributed by atoms with E-state index in [1.807, 2.05) is 6.07 Å². The van der Waals surface area contributed by atoms with Crippen LogP contribution in [0.2, 0.25) is 0 Å². The molecule has 0 spiro atoms. The standard InChI is InChI=1S/C10H8INO2/c1-14-10(13)7-2-3-8-9(6-7)12-5-4-11-8/h2-6H,1H3. The molecule has 0 saturated heterocycles. The Morgan fingerprint density at radius 1 is 1.50 bits per heavy atom. The van der Waals surface area contributed by atoms with Crippen molar-refractivity contribution in [2.75, 3.05) is 7.11 Å². The molecular formula is C10H8INO2. The highest BCUT2D eigenvalue weighted by atomic mass is 127. The van der Waals surface area contributed by atoms with Crippen molar-refractivity contribution in [3.63, 3.8) is 0 Å². The fourth-order valence-electron chi connectivity index (χ4n) is 1.15. The van der Waals surface area contributed by atoms with Crippen molar-refractivity contribution in [3.8, 4) is 0 Å². The monoisotopic (exact) mass is 301 g/mol. The topological polar surface area (TPSA) is 38.7 Å². The van der Waals surface area contributed by atoms with Gasteiger partial charge in [-0.25, -0.2) is 4.79 Å². The number of halogens is 1. The number of carbonyl (C=O) groups is 1. The minimum Gasteiger partial charge on any atom is -0.465 e. The maximum Gasteiger partial charge on any atom is 0.337 e. The summed E-state index contributed by atoms with van der Waals surface area (Å²) in [6.07, 6.45) is 1.80. The van der Waals surface area contributed by atoms with Crippen LogP contribution in [0.25, 0.3) is 0 Å². The Balaban J connectivity index is 2.45. The molecule has 1 aromatic carbocycles. The summed E-state index contributed by atoms with van der Waals surface area (Å²) in [7, 11) is 1.38. The number of benzene rings is 1. The van der Waals surface area contributed by atoms with Gasteiger partial charge in [0.05, 0.1) is 18.4 Å². The van der Waals surface area contributed by atoms with Gasteiger partial charge in [-0.15, -0.1) is 0 Å². The van der Waals surface area contributed by atoms with Crippen LogP contribution in [-0.2, 0) is 4.74 Å². The van der Waals surface area contributed by atoms with Gasteiger partial charge in [0.2, 0.25) is 0 Å². The second kappa shape index (κ2) is 4.00. The van der Waals surface area contributed by atoms with E-state index in [0.717, 1.165) is 5.69 Å². The lowest BCUT2D eigenvalue weighted by Gasteiger charge is -2.05. The average molecular weight is 301 g/mol. The van der Waals surface area contributed by atoms with E-state index in [4.69, 9.17) is 0 Å². The molecule has 0 aliphatic carbocycles. The lowest BCUT2D eigenvalue weighted by atomic mass is 10.2. The minimum absolute atomic E-state index is 0.0685. The number of esters is 1. The number of aliphatic imine (C=N–C) groups is 1. The third-order valence-electron chi connectivity index (χ3n) is 1.82. The zero-order valence-electron chi connectivity index (χ0n) is 7.53. The van der Waals surface area contributed by atoms with E-state index < -0.39 is 0 Å². The van der Waals surface area contributed by atoms with Gasteiger partial charge in [0.25, 0.3) is 0 Å². The maximum atomic E-state index is 11.2. The Bertz CT molecular complexity index is 438. The second-order valence-electron chi connectivity index (χ2n) is 2.67. The summed E-state index contributed by atoms with van der Waals surface area (Å²) in [5.74, 6) is -0.309. The Morgan fingerprint density at radius 3 is 3.14 bits per heavy atom. The van der Waals surface area contributed by atoms with Crippen molar-refractivity contribution in [1.29, 1.82) is 0 Å². The number of fused-ring (bicyclic) bond motifs is 1. The van der Waals surface area contributed by atoms with Gasteiger partial charge >= 0.3 is 5.97 Å². The molecule has 0 aromatic heterocycles. The first-order chi connectivity index (χ1) is 6.81. The van der Waals surface area contributed by atoms with E-state index in [9.17, 15) is 4.79 Å². The van der Waals surface area contributed by atoms with Crippen molar-refractivity contribution >= 4 is 42.6 Å². The van der Waals surface area contributed by atoms with Gasteiger partial charge in [0.15, 0.2) is 0 Å². The molecule has 1 aliphatic heterocycles. The minimum atomic E-state index is -0.309. The van der Waals surface area contributed by atoms with E-state index in [1.54, 1.807) is 18.3 Å². The van der Waals surface area contributed by atoms with Gasteiger partial charge in [-0.05, 0) is 22.2 Å². The Labute approximate surface area is 91.6 Å². The van der Waals surface area contributed by atoms with Crippen LogP contribution in [0.15, 0.2) is 23.2 Å². The van der Waals surface area contributed by atoms with Crippen molar-refractivity contribution in [2.24, 2.45) is 4.99 Å². The van der Waals surface area contributed by atoms with Gasteiger partial charge in [0, 0.05) is 9.78 Å². The number of methoxy groups -OCH3 is 1. The molecule has 1 aromatic rings. The predicted molar refractivity (Wildman–Crippen MR) is 64.7 cm³/mol. The molecule has 0 unspecified atom stereocenters. The quantitative estimate of drug-likeness (QED) is 0.589. The Kier molecular flexibility index (Phi) is 2.72. The van der Waals surface area contributed by atoms with Crippen molar-refractivity contribution < 1.29 is 9.53 Å². The lowest BCUT2D eigenvalue weighted by molar-refractivity contribution is 0.0601. The fourth-order valence-corrected chi connectivity index (χ4v) is 2.86. The summed E-state index contributed by atoms with van der Waals surface area (Å²) in [5.41, 5.74) is 1.47. The SMILES string of the molecule is COC(=O)c1ccc2c(c1)N=CC=I2. The van der Waals surface area contributed by atoms with Gasteiger partial charge in [-0.2, -0.15) is 0 Å². The fraction of sp³-hybridized carbons (Fsp3) is 0.100. The van der Waals surface area contributed by atoms with Crippen molar-refractivity contribution in [2.45, 2.75) is 0 Å². The molecule has 0 atom stereocenters. The van der Waals surface area contributed by atoms with E-state index in [0.29, 0.717) is 5.56 Å². The normalized spacial score (nSPS) is 12.9. The molecule has 2 rings (SSSR count). The maximum absolute atomic E-state index is 11.2. The average Bonchev–Trinajstić information content (AvgIpc) is 2.27. The molecule has 0 saturated carbocycles. The summed E-state index contributed by atoms with van der Waals surface area (Å²) < 4.78 is 7.98. The highest BCUT2D eigenvalue weighted by Crippen LogP contribution is 2.27. The Morgan fingerprint density at radius 2 is 2.36 bits per heavy atom. The highest BCUT2D eigenvalue weighted by Gasteiger charge is 2.08. The van der Waals surface area contributed by atoms with Crippen molar-refractivity contribution in [3.05, 3.63) is 27.3 Å². The van der Waals surface area contributed by atoms with Crippen LogP contribution in [0.3, 0.4) is 0 Å². The predicted octanol–water partition coefficient (Wildman–Crippen LogP) is 2.13. The van der Waals surface area contributed by atoms with Crippen LogP contribution >= 0.6 is 20.7 Å². The van der Waals surface area contributed by atoms with Gasteiger partial charge in [-0.3, -0.25) is 4.99 Å². The number of hydrogen-bond acceptors (Lipinski definition) is 3. The van der Waals surface area contributed by atoms with Crippen molar-refractivity contribution in [1.82, 2.24) is 0 Å². The van der Waals surface area contributed by atoms with Crippen LogP contribution in [0, 0.1) is 3.57 Å². The summed E-state index contributed by atoms with van der Waals surface area (Å²) >= 11 is -0.0685. The molecule has 0 radical (unpaired) electrons. The molecule has 1 aliphatic rings. The molecule has 1 heterocycles. The van der Waals surface area contributed by atoms with E-state index in [-0.39, 0.29) is 26.7 Å². The number of nitrogens with zero attached hydrogens (tertiary/aromatic N) is 1. The second-order valence-corrected chi connectivity index (χ2v) is 5.18. The molecule has 3 nitrogen and oxygen atoms in total. The molecular weight excluding hydrogens is 293 g/mol. The van der Waals surface area contributed by atoms with Crippen LogP contribution < -0.4 is 0 Å². The molecule has 0 N–H and O–H groups in total. The van der Waals surface area contributed by atoms with Gasteiger partial charge in [-0.1, -0.05) is 20.7 Å². The smallest absolute Gasteiger partial charge is 0.337 e. The number of ether oxygens (including phenoxy) is 1. The number of rotatable bonds is 1. The summed E-state index contributed by atoms with van der Waals surface area (Å²) in [6, 6.07) is 5.53.